The molecule has 0 fully saturated rings. The van der Waals surface area contributed by atoms with Crippen LogP contribution >= 0.6 is 7.82 Å². The zero-order valence-corrected chi connectivity index (χ0v) is 35.6. The molecule has 0 radical (unpaired) electrons. The van der Waals surface area contributed by atoms with Crippen molar-refractivity contribution in [3.05, 3.63) is 60.8 Å². The second kappa shape index (κ2) is 39.0. The molecule has 0 saturated heterocycles. The fourth-order valence-electron chi connectivity index (χ4n) is 5.40. The van der Waals surface area contributed by atoms with E-state index in [0.29, 0.717) is 12.8 Å². The molecule has 0 aromatic rings. The van der Waals surface area contributed by atoms with E-state index in [9.17, 15) is 23.8 Å². The summed E-state index contributed by atoms with van der Waals surface area (Å²) < 4.78 is 32.6. The molecule has 0 spiro atoms. The van der Waals surface area contributed by atoms with Gasteiger partial charge in [-0.25, -0.2) is 4.57 Å². The number of carboxylic acid groups (broad SMARTS) is 1. The number of unbranched alkanes of at least 4 members (excludes halogenated alkanes) is 15. The summed E-state index contributed by atoms with van der Waals surface area (Å²) in [5, 5.41) is 8.88. The lowest BCUT2D eigenvalue weighted by atomic mass is 10.1. The van der Waals surface area contributed by atoms with Crippen LogP contribution in [0.4, 0.5) is 0 Å². The second-order valence-electron chi connectivity index (χ2n) is 14.1. The van der Waals surface area contributed by atoms with Crippen molar-refractivity contribution >= 4 is 25.7 Å². The maximum atomic E-state index is 12.6. The molecule has 3 atom stereocenters. The first-order chi connectivity index (χ1) is 27.1. The van der Waals surface area contributed by atoms with Crippen LogP contribution in [0.15, 0.2) is 60.8 Å². The van der Waals surface area contributed by atoms with Crippen molar-refractivity contribution in [1.82, 2.24) is 0 Å². The Morgan fingerprint density at radius 2 is 1.00 bits per heavy atom. The van der Waals surface area contributed by atoms with E-state index in [4.69, 9.17) is 24.8 Å². The van der Waals surface area contributed by atoms with Crippen molar-refractivity contribution in [2.24, 2.45) is 5.73 Å². The Kier molecular flexibility index (Phi) is 37.1. The number of carbonyl (C=O) groups excluding carboxylic acids is 2. The Morgan fingerprint density at radius 3 is 1.55 bits per heavy atom. The number of carboxylic acids is 1. The smallest absolute Gasteiger partial charge is 0.472 e. The van der Waals surface area contributed by atoms with Crippen molar-refractivity contribution in [3.63, 3.8) is 0 Å². The summed E-state index contributed by atoms with van der Waals surface area (Å²) in [6.45, 7) is 2.63. The Bertz CT molecular complexity index is 1180. The van der Waals surface area contributed by atoms with Gasteiger partial charge in [0.1, 0.15) is 12.6 Å². The standard InChI is InChI=1S/C44H76NO10P/c1-3-5-7-9-11-13-15-17-19-20-22-24-26-28-30-32-34-36-43(47)55-40(38-53-56(50,51)54-39-41(45)44(48)49)37-52-42(46)35-33-31-29-27-25-23-21-18-16-14-12-10-8-6-4-2/h6,8,12,14,17-19,21,25,27,40-41H,3-5,7,9-11,13,15-16,20,22-24,26,28-39,45H2,1-2H3,(H,48,49)(H,50,51)/b8-6-,14-12-,19-17-,21-18-,27-25-/t40-,41+/m1/s1. The van der Waals surface area contributed by atoms with Gasteiger partial charge in [-0.05, 0) is 77.0 Å². The van der Waals surface area contributed by atoms with Gasteiger partial charge in [-0.1, -0.05) is 139 Å². The van der Waals surface area contributed by atoms with Crippen LogP contribution < -0.4 is 5.73 Å². The molecule has 11 nitrogen and oxygen atoms in total. The van der Waals surface area contributed by atoms with Gasteiger partial charge in [0.2, 0.25) is 0 Å². The fourth-order valence-corrected chi connectivity index (χ4v) is 6.18. The number of allylic oxidation sites excluding steroid dienone is 10. The summed E-state index contributed by atoms with van der Waals surface area (Å²) >= 11 is 0. The number of nitrogens with two attached hydrogens (primary N) is 1. The van der Waals surface area contributed by atoms with E-state index in [2.05, 4.69) is 79.1 Å². The van der Waals surface area contributed by atoms with Gasteiger partial charge in [0, 0.05) is 12.8 Å². The molecule has 0 aromatic carbocycles. The van der Waals surface area contributed by atoms with E-state index in [1.165, 1.54) is 57.8 Å². The number of hydrogen-bond donors (Lipinski definition) is 3. The van der Waals surface area contributed by atoms with Crippen LogP contribution in [0.25, 0.3) is 0 Å². The third-order valence-corrected chi connectivity index (χ3v) is 9.70. The molecule has 56 heavy (non-hydrogen) atoms. The van der Waals surface area contributed by atoms with Gasteiger partial charge < -0.3 is 25.2 Å². The van der Waals surface area contributed by atoms with Crippen LogP contribution in [0.5, 0.6) is 0 Å². The third-order valence-electron chi connectivity index (χ3n) is 8.75. The van der Waals surface area contributed by atoms with Gasteiger partial charge in [-0.15, -0.1) is 0 Å². The lowest BCUT2D eigenvalue weighted by molar-refractivity contribution is -0.161. The highest BCUT2D eigenvalue weighted by molar-refractivity contribution is 7.47. The van der Waals surface area contributed by atoms with Crippen molar-refractivity contribution in [2.45, 2.75) is 180 Å². The molecule has 322 valence electrons. The van der Waals surface area contributed by atoms with Gasteiger partial charge in [-0.3, -0.25) is 23.4 Å². The topological polar surface area (TPSA) is 172 Å². The summed E-state index contributed by atoms with van der Waals surface area (Å²) in [6, 6.07) is -1.53. The number of phosphoric acid groups is 1. The fraction of sp³-hybridized carbons (Fsp3) is 0.705. The molecular formula is C44H76NO10P. The average Bonchev–Trinajstić information content (AvgIpc) is 3.17. The van der Waals surface area contributed by atoms with E-state index < -0.39 is 51.1 Å². The van der Waals surface area contributed by atoms with Gasteiger partial charge in [-0.2, -0.15) is 0 Å². The number of rotatable bonds is 39. The maximum Gasteiger partial charge on any atom is 0.472 e. The zero-order valence-electron chi connectivity index (χ0n) is 34.7. The molecule has 4 N–H and O–H groups in total. The van der Waals surface area contributed by atoms with Crippen LogP contribution in [0.1, 0.15) is 168 Å². The molecule has 12 heteroatoms. The molecule has 0 saturated carbocycles. The molecule has 0 heterocycles. The van der Waals surface area contributed by atoms with Crippen molar-refractivity contribution in [1.29, 1.82) is 0 Å². The van der Waals surface area contributed by atoms with E-state index >= 15 is 0 Å². The molecule has 0 aliphatic rings. The molecular weight excluding hydrogens is 733 g/mol. The first kappa shape index (κ1) is 53.2. The molecule has 0 amide bonds. The molecule has 1 unspecified atom stereocenters. The van der Waals surface area contributed by atoms with Crippen LogP contribution in [0.3, 0.4) is 0 Å². The molecule has 0 aliphatic carbocycles. The Labute approximate surface area is 338 Å². The molecule has 0 aliphatic heterocycles. The predicted octanol–water partition coefficient (Wildman–Crippen LogP) is 11.2. The van der Waals surface area contributed by atoms with Crippen LogP contribution in [-0.2, 0) is 37.5 Å². The maximum absolute atomic E-state index is 12.6. The predicted molar refractivity (Wildman–Crippen MR) is 226 cm³/mol. The monoisotopic (exact) mass is 810 g/mol. The molecule has 0 aromatic heterocycles. The summed E-state index contributed by atoms with van der Waals surface area (Å²) in [4.78, 5) is 45.9. The summed E-state index contributed by atoms with van der Waals surface area (Å²) in [5.41, 5.74) is 5.33. The number of phosphoric ester groups is 1. The number of aliphatic carboxylic acids is 1. The highest BCUT2D eigenvalue weighted by atomic mass is 31.2. The first-order valence-corrected chi connectivity index (χ1v) is 22.8. The zero-order chi connectivity index (χ0) is 41.4. The van der Waals surface area contributed by atoms with Crippen LogP contribution in [-0.4, -0.2) is 59.9 Å². The van der Waals surface area contributed by atoms with E-state index in [1.807, 2.05) is 0 Å². The van der Waals surface area contributed by atoms with Crippen molar-refractivity contribution in [3.8, 4) is 0 Å². The highest BCUT2D eigenvalue weighted by Gasteiger charge is 2.28. The van der Waals surface area contributed by atoms with E-state index in [-0.39, 0.29) is 19.4 Å². The highest BCUT2D eigenvalue weighted by Crippen LogP contribution is 2.43. The van der Waals surface area contributed by atoms with Crippen LogP contribution in [0.2, 0.25) is 0 Å². The minimum atomic E-state index is -4.73. The number of hydrogen-bond acceptors (Lipinski definition) is 9. The minimum Gasteiger partial charge on any atom is -0.480 e. The largest absolute Gasteiger partial charge is 0.480 e. The third kappa shape index (κ3) is 38.1. The normalized spacial score (nSPS) is 14.4. The Morgan fingerprint density at radius 1 is 0.571 bits per heavy atom. The Balaban J connectivity index is 4.45. The molecule has 0 bridgehead atoms. The quantitative estimate of drug-likeness (QED) is 0.0233. The van der Waals surface area contributed by atoms with Gasteiger partial charge in [0.25, 0.3) is 0 Å². The number of carbonyl (C=O) groups is 3. The van der Waals surface area contributed by atoms with Gasteiger partial charge in [0.15, 0.2) is 6.10 Å². The van der Waals surface area contributed by atoms with E-state index in [1.54, 1.807) is 0 Å². The summed E-state index contributed by atoms with van der Waals surface area (Å²) in [6.07, 6.45) is 44.3. The van der Waals surface area contributed by atoms with Crippen LogP contribution in [0, 0.1) is 0 Å². The lowest BCUT2D eigenvalue weighted by Gasteiger charge is -2.20. The number of ether oxygens (including phenoxy) is 2. The average molecular weight is 810 g/mol. The molecule has 0 rings (SSSR count). The number of esters is 2. The summed E-state index contributed by atoms with van der Waals surface area (Å²) in [5.74, 6) is -2.44. The summed E-state index contributed by atoms with van der Waals surface area (Å²) in [7, 11) is -4.73. The lowest BCUT2D eigenvalue weighted by Crippen LogP contribution is -2.34. The van der Waals surface area contributed by atoms with Crippen molar-refractivity contribution < 1.29 is 47.5 Å². The van der Waals surface area contributed by atoms with Crippen molar-refractivity contribution in [2.75, 3.05) is 19.8 Å². The van der Waals surface area contributed by atoms with Gasteiger partial charge in [0.05, 0.1) is 13.2 Å². The SMILES string of the molecule is CC/C=C\C/C=C\C/C=C\C/C=C\CCCCC(=O)OC[C@H](COP(=O)(O)OC[C@H](N)C(=O)O)OC(=O)CCCCCCCCC/C=C\CCCCCCCC. The van der Waals surface area contributed by atoms with Gasteiger partial charge >= 0.3 is 25.7 Å². The van der Waals surface area contributed by atoms with E-state index in [0.717, 1.165) is 70.6 Å². The minimum absolute atomic E-state index is 0.145. The first-order valence-electron chi connectivity index (χ1n) is 21.3. The Hall–Kier alpha value is -2.82. The second-order valence-corrected chi connectivity index (χ2v) is 15.5.